The molecule has 94 valence electrons. The van der Waals surface area contributed by atoms with Gasteiger partial charge in [0, 0.05) is 18.2 Å². The van der Waals surface area contributed by atoms with Crippen molar-refractivity contribution >= 4 is 0 Å². The van der Waals surface area contributed by atoms with E-state index in [2.05, 4.69) is 25.2 Å². The Morgan fingerprint density at radius 1 is 1.35 bits per heavy atom. The third kappa shape index (κ3) is 3.13. The summed E-state index contributed by atoms with van der Waals surface area (Å²) in [6, 6.07) is 6.61. The Bertz CT molecular complexity index is 365. The Balaban J connectivity index is 1.89. The van der Waals surface area contributed by atoms with E-state index in [9.17, 15) is 0 Å². The van der Waals surface area contributed by atoms with Crippen molar-refractivity contribution in [3.8, 4) is 11.5 Å². The molecule has 3 heteroatoms. The van der Waals surface area contributed by atoms with Gasteiger partial charge < -0.3 is 14.8 Å². The topological polar surface area (TPSA) is 30.5 Å². The van der Waals surface area contributed by atoms with Gasteiger partial charge >= 0.3 is 0 Å². The molecule has 0 amide bonds. The molecule has 0 saturated carbocycles. The number of benzene rings is 1. The molecule has 1 aliphatic heterocycles. The van der Waals surface area contributed by atoms with Gasteiger partial charge in [0.05, 0.1) is 0 Å². The summed E-state index contributed by atoms with van der Waals surface area (Å²) in [4.78, 5) is 0. The lowest BCUT2D eigenvalue weighted by atomic mass is 10.1. The molecule has 0 fully saturated rings. The van der Waals surface area contributed by atoms with Gasteiger partial charge in [-0.2, -0.15) is 0 Å². The van der Waals surface area contributed by atoms with Crippen LogP contribution in [0.25, 0.3) is 0 Å². The average molecular weight is 235 g/mol. The van der Waals surface area contributed by atoms with Crippen molar-refractivity contribution in [2.75, 3.05) is 6.79 Å². The summed E-state index contributed by atoms with van der Waals surface area (Å²) >= 11 is 0. The van der Waals surface area contributed by atoms with Crippen molar-refractivity contribution in [3.05, 3.63) is 23.8 Å². The van der Waals surface area contributed by atoms with Gasteiger partial charge in [0.25, 0.3) is 0 Å². The Morgan fingerprint density at radius 2 is 2.24 bits per heavy atom. The first kappa shape index (κ1) is 12.2. The molecule has 0 saturated heterocycles. The van der Waals surface area contributed by atoms with Crippen LogP contribution in [0.15, 0.2) is 18.2 Å². The van der Waals surface area contributed by atoms with E-state index >= 15 is 0 Å². The minimum Gasteiger partial charge on any atom is -0.454 e. The molecule has 1 unspecified atom stereocenters. The summed E-state index contributed by atoms with van der Waals surface area (Å²) in [7, 11) is 0. The monoisotopic (exact) mass is 235 g/mol. The molecule has 0 aliphatic carbocycles. The minimum absolute atomic E-state index is 0.345. The summed E-state index contributed by atoms with van der Waals surface area (Å²) in [5, 5.41) is 3.53. The molecule has 17 heavy (non-hydrogen) atoms. The summed E-state index contributed by atoms with van der Waals surface area (Å²) in [6.07, 6.45) is 3.76. The predicted molar refractivity (Wildman–Crippen MR) is 68.4 cm³/mol. The quantitative estimate of drug-likeness (QED) is 0.822. The first-order chi connectivity index (χ1) is 8.31. The normalized spacial score (nSPS) is 14.9. The first-order valence-electron chi connectivity index (χ1n) is 6.42. The molecule has 2 rings (SSSR count). The van der Waals surface area contributed by atoms with Gasteiger partial charge in [0.15, 0.2) is 11.5 Å². The maximum absolute atomic E-state index is 5.48. The zero-order valence-electron chi connectivity index (χ0n) is 10.7. The van der Waals surface area contributed by atoms with Gasteiger partial charge in [-0.3, -0.25) is 0 Å². The zero-order valence-corrected chi connectivity index (χ0v) is 10.7. The third-order valence-electron chi connectivity index (χ3n) is 3.11. The Kier molecular flexibility index (Phi) is 4.26. The van der Waals surface area contributed by atoms with Gasteiger partial charge in [0.1, 0.15) is 0 Å². The van der Waals surface area contributed by atoms with Crippen LogP contribution < -0.4 is 14.8 Å². The van der Waals surface area contributed by atoms with Gasteiger partial charge in [-0.1, -0.05) is 31.9 Å². The second kappa shape index (κ2) is 5.92. The number of hydrogen-bond donors (Lipinski definition) is 1. The van der Waals surface area contributed by atoms with Crippen molar-refractivity contribution in [2.45, 2.75) is 45.7 Å². The molecular formula is C14H21NO2. The van der Waals surface area contributed by atoms with Crippen LogP contribution in [0.1, 0.15) is 38.7 Å². The van der Waals surface area contributed by atoms with Gasteiger partial charge in [-0.05, 0) is 19.4 Å². The van der Waals surface area contributed by atoms with E-state index < -0.39 is 0 Å². The molecule has 1 aliphatic rings. The van der Waals surface area contributed by atoms with E-state index in [4.69, 9.17) is 9.47 Å². The minimum atomic E-state index is 0.345. The van der Waals surface area contributed by atoms with Crippen molar-refractivity contribution in [1.82, 2.24) is 5.32 Å². The van der Waals surface area contributed by atoms with E-state index in [-0.39, 0.29) is 0 Å². The van der Waals surface area contributed by atoms with Gasteiger partial charge in [0.2, 0.25) is 6.79 Å². The first-order valence-corrected chi connectivity index (χ1v) is 6.42. The van der Waals surface area contributed by atoms with Gasteiger partial charge in [-0.15, -0.1) is 0 Å². The molecule has 1 aromatic carbocycles. The van der Waals surface area contributed by atoms with E-state index in [0.717, 1.165) is 18.0 Å². The highest BCUT2D eigenvalue weighted by atomic mass is 16.7. The van der Waals surface area contributed by atoms with Crippen LogP contribution in [0.4, 0.5) is 0 Å². The number of ether oxygens (including phenoxy) is 2. The maximum Gasteiger partial charge on any atom is 0.231 e. The molecule has 0 radical (unpaired) electrons. The number of hydrogen-bond acceptors (Lipinski definition) is 3. The second-order valence-electron chi connectivity index (χ2n) is 4.58. The summed E-state index contributed by atoms with van der Waals surface area (Å²) in [5.41, 5.74) is 1.18. The SMILES string of the molecule is CCCCC(C)NCc1cccc2c1OCO2. The van der Waals surface area contributed by atoms with Crippen LogP contribution in [-0.4, -0.2) is 12.8 Å². The summed E-state index contributed by atoms with van der Waals surface area (Å²) in [6.45, 7) is 5.65. The second-order valence-corrected chi connectivity index (χ2v) is 4.58. The number of nitrogens with one attached hydrogen (secondary N) is 1. The number of rotatable bonds is 6. The molecule has 1 N–H and O–H groups in total. The highest BCUT2D eigenvalue weighted by Crippen LogP contribution is 2.35. The standard InChI is InChI=1S/C14H21NO2/c1-3-4-6-11(2)15-9-12-7-5-8-13-14(12)17-10-16-13/h5,7-8,11,15H,3-4,6,9-10H2,1-2H3. The zero-order chi connectivity index (χ0) is 12.1. The summed E-state index contributed by atoms with van der Waals surface area (Å²) in [5.74, 6) is 1.77. The van der Waals surface area contributed by atoms with E-state index in [1.807, 2.05) is 12.1 Å². The number of para-hydroxylation sites is 1. The van der Waals surface area contributed by atoms with Crippen molar-refractivity contribution in [1.29, 1.82) is 0 Å². The van der Waals surface area contributed by atoms with Crippen molar-refractivity contribution in [2.24, 2.45) is 0 Å². The van der Waals surface area contributed by atoms with E-state index in [1.54, 1.807) is 0 Å². The lowest BCUT2D eigenvalue weighted by molar-refractivity contribution is 0.173. The van der Waals surface area contributed by atoms with Crippen LogP contribution in [0, 0.1) is 0 Å². The van der Waals surface area contributed by atoms with Crippen molar-refractivity contribution < 1.29 is 9.47 Å². The molecule has 1 aromatic rings. The highest BCUT2D eigenvalue weighted by Gasteiger charge is 2.16. The maximum atomic E-state index is 5.48. The molecule has 0 spiro atoms. The molecule has 0 aromatic heterocycles. The molecular weight excluding hydrogens is 214 g/mol. The van der Waals surface area contributed by atoms with E-state index in [0.29, 0.717) is 12.8 Å². The molecule has 3 nitrogen and oxygen atoms in total. The van der Waals surface area contributed by atoms with Crippen molar-refractivity contribution in [3.63, 3.8) is 0 Å². The number of unbranched alkanes of at least 4 members (excludes halogenated alkanes) is 1. The average Bonchev–Trinajstić information content (AvgIpc) is 2.82. The largest absolute Gasteiger partial charge is 0.454 e. The summed E-state index contributed by atoms with van der Waals surface area (Å²) < 4.78 is 10.8. The molecule has 1 heterocycles. The lowest BCUT2D eigenvalue weighted by Gasteiger charge is -2.14. The fraction of sp³-hybridized carbons (Fsp3) is 0.571. The van der Waals surface area contributed by atoms with Crippen LogP contribution in [0.5, 0.6) is 11.5 Å². The van der Waals surface area contributed by atoms with E-state index in [1.165, 1.54) is 24.8 Å². The number of fused-ring (bicyclic) bond motifs is 1. The predicted octanol–water partition coefficient (Wildman–Crippen LogP) is 3.08. The van der Waals surface area contributed by atoms with Crippen LogP contribution >= 0.6 is 0 Å². The molecule has 0 bridgehead atoms. The highest BCUT2D eigenvalue weighted by molar-refractivity contribution is 5.48. The Hall–Kier alpha value is -1.22. The van der Waals surface area contributed by atoms with Crippen LogP contribution in [0.3, 0.4) is 0 Å². The lowest BCUT2D eigenvalue weighted by Crippen LogP contribution is -2.25. The third-order valence-corrected chi connectivity index (χ3v) is 3.11. The smallest absolute Gasteiger partial charge is 0.231 e. The fourth-order valence-electron chi connectivity index (χ4n) is 2.03. The van der Waals surface area contributed by atoms with Gasteiger partial charge in [-0.25, -0.2) is 0 Å². The Labute approximate surface area is 103 Å². The molecule has 1 atom stereocenters. The Morgan fingerprint density at radius 3 is 3.06 bits per heavy atom. The van der Waals surface area contributed by atoms with Crippen LogP contribution in [0.2, 0.25) is 0 Å². The fourth-order valence-corrected chi connectivity index (χ4v) is 2.03. The van der Waals surface area contributed by atoms with Crippen LogP contribution in [-0.2, 0) is 6.54 Å².